The lowest BCUT2D eigenvalue weighted by atomic mass is 10.0. The van der Waals surface area contributed by atoms with Crippen LogP contribution in [0.1, 0.15) is 0 Å². The normalized spacial score (nSPS) is 11.7. The molecule has 9 aromatic rings. The Hall–Kier alpha value is -4.96. The highest BCUT2D eigenvalue weighted by Crippen LogP contribution is 2.49. The van der Waals surface area contributed by atoms with Crippen LogP contribution in [0, 0.1) is 0 Å². The third-order valence-corrected chi connectivity index (χ3v) is 11.0. The topological polar surface area (TPSA) is 3.24 Å². The van der Waals surface area contributed by atoms with Gasteiger partial charge in [-0.3, -0.25) is 0 Å². The zero-order chi connectivity index (χ0) is 28.3. The van der Waals surface area contributed by atoms with Gasteiger partial charge >= 0.3 is 0 Å². The second kappa shape index (κ2) is 9.81. The van der Waals surface area contributed by atoms with Crippen LogP contribution >= 0.6 is 22.7 Å². The fourth-order valence-corrected chi connectivity index (χ4v) is 8.98. The first kappa shape index (κ1) is 24.6. The molecule has 3 heteroatoms. The van der Waals surface area contributed by atoms with Crippen molar-refractivity contribution >= 4 is 90.9 Å². The molecule has 0 bridgehead atoms. The van der Waals surface area contributed by atoms with Crippen LogP contribution in [0.5, 0.6) is 0 Å². The zero-order valence-corrected chi connectivity index (χ0v) is 24.8. The largest absolute Gasteiger partial charge is 0.308 e. The first-order valence-corrected chi connectivity index (χ1v) is 16.2. The predicted octanol–water partition coefficient (Wildman–Crippen LogP) is 12.7. The molecular weight excluding hydrogens is 559 g/mol. The second-order valence-electron chi connectivity index (χ2n) is 10.9. The number of thiophene rings is 2. The molecule has 0 fully saturated rings. The molecule has 43 heavy (non-hydrogen) atoms. The summed E-state index contributed by atoms with van der Waals surface area (Å²) in [6.07, 6.45) is 0. The van der Waals surface area contributed by atoms with E-state index >= 15 is 0 Å². The van der Waals surface area contributed by atoms with E-state index in [9.17, 15) is 0 Å². The smallest absolute Gasteiger partial charge is 0.0640 e. The van der Waals surface area contributed by atoms with Crippen LogP contribution in [0.2, 0.25) is 0 Å². The number of hydrogen-bond donors (Lipinski definition) is 0. The van der Waals surface area contributed by atoms with Crippen LogP contribution in [0.4, 0.5) is 17.1 Å². The number of hydrogen-bond acceptors (Lipinski definition) is 3. The van der Waals surface area contributed by atoms with Crippen LogP contribution in [-0.4, -0.2) is 0 Å². The SMILES string of the molecule is c1ccc(-c2ccc(N(c3cccc4c3sc3ccccc34)c3cccc4c3sc3c5ccccc5ccc43)cc2)cc1. The Morgan fingerprint density at radius 1 is 0.349 bits per heavy atom. The molecule has 1 nitrogen and oxygen atoms in total. The summed E-state index contributed by atoms with van der Waals surface area (Å²) in [5.74, 6) is 0. The van der Waals surface area contributed by atoms with E-state index in [-0.39, 0.29) is 0 Å². The average Bonchev–Trinajstić information content (AvgIpc) is 3.66. The standard InChI is InChI=1S/C40H25NS2/c1-2-10-26(11-3-1)27-20-23-29(24-21-27)41(35-17-8-15-32-31-14-6-7-19-37(31)42-39(32)35)36-18-9-16-33-34-25-22-28-12-4-5-13-30(28)38(34)43-40(33)36/h1-25H. The first-order chi connectivity index (χ1) is 21.3. The molecule has 0 saturated heterocycles. The molecule has 0 aliphatic carbocycles. The van der Waals surface area contributed by atoms with Crippen molar-refractivity contribution in [3.63, 3.8) is 0 Å². The highest BCUT2D eigenvalue weighted by Gasteiger charge is 2.21. The van der Waals surface area contributed by atoms with E-state index in [4.69, 9.17) is 0 Å². The average molecular weight is 584 g/mol. The summed E-state index contributed by atoms with van der Waals surface area (Å²) in [5, 5.41) is 7.84. The van der Waals surface area contributed by atoms with Crippen molar-refractivity contribution in [1.29, 1.82) is 0 Å². The summed E-state index contributed by atoms with van der Waals surface area (Å²) in [6.45, 7) is 0. The van der Waals surface area contributed by atoms with Crippen molar-refractivity contribution in [2.45, 2.75) is 0 Å². The summed E-state index contributed by atoms with van der Waals surface area (Å²) in [6, 6.07) is 55.3. The summed E-state index contributed by atoms with van der Waals surface area (Å²) in [4.78, 5) is 2.48. The van der Waals surface area contributed by atoms with Crippen molar-refractivity contribution < 1.29 is 0 Å². The van der Waals surface area contributed by atoms with Gasteiger partial charge in [0.25, 0.3) is 0 Å². The summed E-state index contributed by atoms with van der Waals surface area (Å²) < 4.78 is 5.27. The second-order valence-corrected chi connectivity index (χ2v) is 13.0. The van der Waals surface area contributed by atoms with Crippen LogP contribution in [0.25, 0.3) is 62.2 Å². The Balaban J connectivity index is 1.33. The van der Waals surface area contributed by atoms with Gasteiger partial charge in [-0.1, -0.05) is 121 Å². The van der Waals surface area contributed by atoms with Gasteiger partial charge in [0.2, 0.25) is 0 Å². The third-order valence-electron chi connectivity index (χ3n) is 8.47. The maximum atomic E-state index is 2.48. The number of nitrogens with zero attached hydrogens (tertiary/aromatic N) is 1. The molecule has 9 rings (SSSR count). The Labute approximate surface area is 257 Å². The highest BCUT2D eigenvalue weighted by molar-refractivity contribution is 7.27. The molecule has 0 aliphatic heterocycles. The molecule has 7 aromatic carbocycles. The van der Waals surface area contributed by atoms with Crippen LogP contribution < -0.4 is 4.90 Å². The Bertz CT molecular complexity index is 2450. The van der Waals surface area contributed by atoms with Gasteiger partial charge < -0.3 is 4.90 Å². The molecule has 0 spiro atoms. The van der Waals surface area contributed by atoms with Gasteiger partial charge in [0.05, 0.1) is 20.8 Å². The van der Waals surface area contributed by atoms with E-state index in [2.05, 4.69) is 157 Å². The fourth-order valence-electron chi connectivity index (χ4n) is 6.44. The molecule has 2 heterocycles. The van der Waals surface area contributed by atoms with Crippen molar-refractivity contribution in [2.75, 3.05) is 4.90 Å². The van der Waals surface area contributed by atoms with E-state index in [1.54, 1.807) is 0 Å². The van der Waals surface area contributed by atoms with Crippen molar-refractivity contribution in [1.82, 2.24) is 0 Å². The van der Waals surface area contributed by atoms with Gasteiger partial charge in [0.1, 0.15) is 0 Å². The lowest BCUT2D eigenvalue weighted by molar-refractivity contribution is 1.32. The molecule has 0 radical (unpaired) electrons. The Kier molecular flexibility index (Phi) is 5.62. The van der Waals surface area contributed by atoms with Crippen LogP contribution in [0.15, 0.2) is 152 Å². The molecule has 0 saturated carbocycles. The lowest BCUT2D eigenvalue weighted by Gasteiger charge is -2.27. The quantitative estimate of drug-likeness (QED) is 0.199. The molecule has 0 unspecified atom stereocenters. The minimum atomic E-state index is 1.15. The zero-order valence-electron chi connectivity index (χ0n) is 23.2. The number of fused-ring (bicyclic) bond motifs is 8. The van der Waals surface area contributed by atoms with Gasteiger partial charge in [-0.25, -0.2) is 0 Å². The van der Waals surface area contributed by atoms with Gasteiger partial charge in [-0.05, 0) is 52.2 Å². The maximum absolute atomic E-state index is 2.48. The van der Waals surface area contributed by atoms with E-state index in [0.29, 0.717) is 0 Å². The first-order valence-electron chi connectivity index (χ1n) is 14.5. The molecule has 0 aliphatic rings. The molecule has 202 valence electrons. The number of rotatable bonds is 4. The minimum Gasteiger partial charge on any atom is -0.308 e. The third kappa shape index (κ3) is 3.90. The van der Waals surface area contributed by atoms with Crippen molar-refractivity contribution in [2.24, 2.45) is 0 Å². The summed E-state index contributed by atoms with van der Waals surface area (Å²) in [5.41, 5.74) is 6.02. The Morgan fingerprint density at radius 2 is 0.930 bits per heavy atom. The minimum absolute atomic E-state index is 1.15. The van der Waals surface area contributed by atoms with Crippen molar-refractivity contribution in [3.8, 4) is 11.1 Å². The van der Waals surface area contributed by atoms with Gasteiger partial charge in [-0.15, -0.1) is 22.7 Å². The summed E-state index contributed by atoms with van der Waals surface area (Å²) in [7, 11) is 0. The molecule has 0 amide bonds. The van der Waals surface area contributed by atoms with Gasteiger partial charge in [0.15, 0.2) is 0 Å². The predicted molar refractivity (Wildman–Crippen MR) is 190 cm³/mol. The van der Waals surface area contributed by atoms with E-state index < -0.39 is 0 Å². The molecular formula is C40H25NS2. The maximum Gasteiger partial charge on any atom is 0.0640 e. The monoisotopic (exact) mass is 583 g/mol. The van der Waals surface area contributed by atoms with E-state index in [1.165, 1.54) is 73.6 Å². The van der Waals surface area contributed by atoms with E-state index in [1.807, 2.05) is 22.7 Å². The van der Waals surface area contributed by atoms with Crippen LogP contribution in [0.3, 0.4) is 0 Å². The molecule has 0 atom stereocenters. The fraction of sp³-hybridized carbons (Fsp3) is 0. The molecule has 0 N–H and O–H groups in total. The number of anilines is 3. The van der Waals surface area contributed by atoms with Gasteiger partial charge in [0, 0.05) is 36.6 Å². The van der Waals surface area contributed by atoms with Crippen LogP contribution in [-0.2, 0) is 0 Å². The summed E-state index contributed by atoms with van der Waals surface area (Å²) >= 11 is 3.79. The van der Waals surface area contributed by atoms with E-state index in [0.717, 1.165) is 5.69 Å². The highest BCUT2D eigenvalue weighted by atomic mass is 32.1. The van der Waals surface area contributed by atoms with Crippen molar-refractivity contribution in [3.05, 3.63) is 152 Å². The van der Waals surface area contributed by atoms with Gasteiger partial charge in [-0.2, -0.15) is 0 Å². The Morgan fingerprint density at radius 3 is 1.72 bits per heavy atom. The molecule has 2 aromatic heterocycles. The lowest BCUT2D eigenvalue weighted by Crippen LogP contribution is -2.10. The number of benzene rings is 7.